The van der Waals surface area contributed by atoms with E-state index < -0.39 is 0 Å². The van der Waals surface area contributed by atoms with E-state index in [1.807, 2.05) is 18.7 Å². The van der Waals surface area contributed by atoms with Gasteiger partial charge in [0.05, 0.1) is 11.7 Å². The van der Waals surface area contributed by atoms with Crippen molar-refractivity contribution in [3.63, 3.8) is 0 Å². The van der Waals surface area contributed by atoms with E-state index in [0.29, 0.717) is 18.5 Å². The molecular weight excluding hydrogens is 212 g/mol. The molecule has 1 aromatic rings. The molecule has 0 bridgehead atoms. The predicted molar refractivity (Wildman–Crippen MR) is 71.8 cm³/mol. The molecule has 1 aromatic heterocycles. The van der Waals surface area contributed by atoms with Crippen LogP contribution in [0.5, 0.6) is 0 Å². The van der Waals surface area contributed by atoms with E-state index in [1.54, 1.807) is 0 Å². The van der Waals surface area contributed by atoms with Crippen molar-refractivity contribution < 1.29 is 0 Å². The third-order valence-corrected chi connectivity index (χ3v) is 3.73. The molecule has 0 radical (unpaired) electrons. The molecule has 0 saturated heterocycles. The maximum atomic E-state index is 5.94. The molecule has 1 rings (SSSR count). The van der Waals surface area contributed by atoms with Crippen molar-refractivity contribution in [2.45, 2.75) is 39.8 Å². The summed E-state index contributed by atoms with van der Waals surface area (Å²) in [4.78, 5) is 2.36. The van der Waals surface area contributed by atoms with E-state index in [0.717, 1.165) is 5.69 Å². The first-order valence-electron chi connectivity index (χ1n) is 6.30. The molecule has 0 aromatic carbocycles. The SMILES string of the molecule is Cc1nn(C)cc1C(CN)N(C)C(C)C(C)C. The van der Waals surface area contributed by atoms with Gasteiger partial charge in [-0.1, -0.05) is 13.8 Å². The maximum Gasteiger partial charge on any atom is 0.0641 e. The standard InChI is InChI=1S/C13H26N4/c1-9(2)11(4)17(6)13(7-14)12-8-16(5)15-10(12)3/h8-9,11,13H,7,14H2,1-6H3. The molecule has 0 spiro atoms. The number of nitrogens with two attached hydrogens (primary N) is 1. The average Bonchev–Trinajstić information content (AvgIpc) is 2.57. The third kappa shape index (κ3) is 3.07. The molecule has 0 aliphatic carbocycles. The fourth-order valence-electron chi connectivity index (χ4n) is 2.21. The Kier molecular flexibility index (Phi) is 4.71. The first kappa shape index (κ1) is 14.2. The summed E-state index contributed by atoms with van der Waals surface area (Å²) in [6.45, 7) is 9.40. The minimum atomic E-state index is 0.251. The van der Waals surface area contributed by atoms with Gasteiger partial charge >= 0.3 is 0 Å². The molecule has 1 heterocycles. The van der Waals surface area contributed by atoms with E-state index in [9.17, 15) is 0 Å². The highest BCUT2D eigenvalue weighted by atomic mass is 15.3. The van der Waals surface area contributed by atoms with Gasteiger partial charge in [-0.05, 0) is 26.8 Å². The molecule has 0 amide bonds. The number of aromatic nitrogens is 2. The van der Waals surface area contributed by atoms with E-state index in [2.05, 4.69) is 44.0 Å². The Morgan fingerprint density at radius 2 is 2.00 bits per heavy atom. The quantitative estimate of drug-likeness (QED) is 0.849. The lowest BCUT2D eigenvalue weighted by atomic mass is 10.00. The van der Waals surface area contributed by atoms with E-state index >= 15 is 0 Å². The van der Waals surface area contributed by atoms with Gasteiger partial charge in [0.15, 0.2) is 0 Å². The lowest BCUT2D eigenvalue weighted by Crippen LogP contribution is -2.39. The zero-order valence-electron chi connectivity index (χ0n) is 11.9. The van der Waals surface area contributed by atoms with Gasteiger partial charge < -0.3 is 5.73 Å². The Hall–Kier alpha value is -0.870. The van der Waals surface area contributed by atoms with Crippen LogP contribution in [0.3, 0.4) is 0 Å². The molecule has 0 saturated carbocycles. The fraction of sp³-hybridized carbons (Fsp3) is 0.769. The van der Waals surface area contributed by atoms with Gasteiger partial charge in [0.25, 0.3) is 0 Å². The smallest absolute Gasteiger partial charge is 0.0641 e. The molecule has 4 heteroatoms. The second-order valence-electron chi connectivity index (χ2n) is 5.25. The Bertz CT molecular complexity index is 356. The van der Waals surface area contributed by atoms with Crippen molar-refractivity contribution in [3.05, 3.63) is 17.5 Å². The van der Waals surface area contributed by atoms with Crippen LogP contribution in [-0.2, 0) is 7.05 Å². The second-order valence-corrected chi connectivity index (χ2v) is 5.25. The van der Waals surface area contributed by atoms with Gasteiger partial charge in [-0.15, -0.1) is 0 Å². The molecule has 98 valence electrons. The highest BCUT2D eigenvalue weighted by Crippen LogP contribution is 2.24. The van der Waals surface area contributed by atoms with Crippen LogP contribution < -0.4 is 5.73 Å². The van der Waals surface area contributed by atoms with Crippen LogP contribution in [0.4, 0.5) is 0 Å². The minimum Gasteiger partial charge on any atom is -0.329 e. The summed E-state index contributed by atoms with van der Waals surface area (Å²) in [7, 11) is 4.10. The molecule has 0 aliphatic rings. The van der Waals surface area contributed by atoms with Crippen LogP contribution in [-0.4, -0.2) is 34.3 Å². The van der Waals surface area contributed by atoms with Crippen LogP contribution in [0, 0.1) is 12.8 Å². The number of nitrogens with zero attached hydrogens (tertiary/aromatic N) is 3. The number of hydrogen-bond donors (Lipinski definition) is 1. The minimum absolute atomic E-state index is 0.251. The van der Waals surface area contributed by atoms with Gasteiger partial charge in [-0.25, -0.2) is 0 Å². The van der Waals surface area contributed by atoms with Crippen LogP contribution in [0.1, 0.15) is 38.1 Å². The lowest BCUT2D eigenvalue weighted by Gasteiger charge is -2.34. The summed E-state index contributed by atoms with van der Waals surface area (Å²) in [5.74, 6) is 0.617. The summed E-state index contributed by atoms with van der Waals surface area (Å²) in [6.07, 6.45) is 2.08. The van der Waals surface area contributed by atoms with Crippen molar-refractivity contribution in [2.75, 3.05) is 13.6 Å². The summed E-state index contributed by atoms with van der Waals surface area (Å²) in [5, 5.41) is 4.40. The van der Waals surface area contributed by atoms with Crippen LogP contribution in [0.25, 0.3) is 0 Å². The first-order valence-corrected chi connectivity index (χ1v) is 6.30. The van der Waals surface area contributed by atoms with Crippen molar-refractivity contribution >= 4 is 0 Å². The van der Waals surface area contributed by atoms with Crippen LogP contribution in [0.2, 0.25) is 0 Å². The highest BCUT2D eigenvalue weighted by Gasteiger charge is 2.24. The lowest BCUT2D eigenvalue weighted by molar-refractivity contribution is 0.151. The molecule has 4 nitrogen and oxygen atoms in total. The number of hydrogen-bond acceptors (Lipinski definition) is 3. The van der Waals surface area contributed by atoms with Crippen LogP contribution >= 0.6 is 0 Å². The summed E-state index contributed by atoms with van der Waals surface area (Å²) in [6, 6.07) is 0.754. The largest absolute Gasteiger partial charge is 0.329 e. The molecule has 2 N–H and O–H groups in total. The van der Waals surface area contributed by atoms with E-state index in [4.69, 9.17) is 5.73 Å². The molecule has 17 heavy (non-hydrogen) atoms. The topological polar surface area (TPSA) is 47.1 Å². The molecule has 2 atom stereocenters. The van der Waals surface area contributed by atoms with Gasteiger partial charge in [-0.2, -0.15) is 5.10 Å². The van der Waals surface area contributed by atoms with E-state index in [-0.39, 0.29) is 6.04 Å². The fourth-order valence-corrected chi connectivity index (χ4v) is 2.21. The number of rotatable bonds is 5. The summed E-state index contributed by atoms with van der Waals surface area (Å²) < 4.78 is 1.86. The van der Waals surface area contributed by atoms with Crippen molar-refractivity contribution in [1.29, 1.82) is 0 Å². The highest BCUT2D eigenvalue weighted by molar-refractivity contribution is 5.20. The van der Waals surface area contributed by atoms with Crippen LogP contribution in [0.15, 0.2) is 6.20 Å². The Labute approximate surface area is 105 Å². The second kappa shape index (κ2) is 5.65. The average molecular weight is 238 g/mol. The zero-order valence-corrected chi connectivity index (χ0v) is 11.9. The summed E-state index contributed by atoms with van der Waals surface area (Å²) in [5.41, 5.74) is 8.26. The molecule has 0 aliphatic heterocycles. The normalized spacial score (nSPS) is 15.6. The molecule has 2 unspecified atom stereocenters. The molecule has 0 fully saturated rings. The third-order valence-electron chi connectivity index (χ3n) is 3.73. The van der Waals surface area contributed by atoms with Gasteiger partial charge in [0.1, 0.15) is 0 Å². The van der Waals surface area contributed by atoms with Gasteiger partial charge in [0, 0.05) is 31.4 Å². The predicted octanol–water partition coefficient (Wildman–Crippen LogP) is 1.70. The van der Waals surface area contributed by atoms with Crippen molar-refractivity contribution in [1.82, 2.24) is 14.7 Å². The first-order chi connectivity index (χ1) is 7.88. The maximum absolute atomic E-state index is 5.94. The van der Waals surface area contributed by atoms with Crippen molar-refractivity contribution in [2.24, 2.45) is 18.7 Å². The van der Waals surface area contributed by atoms with E-state index in [1.165, 1.54) is 5.56 Å². The number of aryl methyl sites for hydroxylation is 2. The Morgan fingerprint density at radius 1 is 1.41 bits per heavy atom. The van der Waals surface area contributed by atoms with Gasteiger partial charge in [-0.3, -0.25) is 9.58 Å². The number of likely N-dealkylation sites (N-methyl/N-ethyl adjacent to an activating group) is 1. The van der Waals surface area contributed by atoms with Crippen molar-refractivity contribution in [3.8, 4) is 0 Å². The monoisotopic (exact) mass is 238 g/mol. The Balaban J connectivity index is 2.95. The van der Waals surface area contributed by atoms with Gasteiger partial charge in [0.2, 0.25) is 0 Å². The summed E-state index contributed by atoms with van der Waals surface area (Å²) >= 11 is 0. The molecular formula is C13H26N4. The Morgan fingerprint density at radius 3 is 2.35 bits per heavy atom. The zero-order chi connectivity index (χ0) is 13.2.